The first-order chi connectivity index (χ1) is 13.3. The standard InChI is InChI=1S/C16H19F3N6O2S/c1-27-12-5-3-2-4-11(12)23-6-8-24(9-7-23)13(26)10-28-15-22-21-14(25(15)20)16(17,18)19/h2-5H,6-10,20H2,1H3. The minimum atomic E-state index is -4.70. The van der Waals surface area contributed by atoms with Crippen molar-refractivity contribution >= 4 is 23.4 Å². The number of carbonyl (C=O) groups is 1. The van der Waals surface area contributed by atoms with E-state index in [1.165, 1.54) is 0 Å². The number of benzene rings is 1. The summed E-state index contributed by atoms with van der Waals surface area (Å²) in [6, 6.07) is 7.64. The zero-order valence-electron chi connectivity index (χ0n) is 15.0. The maximum absolute atomic E-state index is 12.7. The molecule has 1 fully saturated rings. The summed E-state index contributed by atoms with van der Waals surface area (Å²) in [6.45, 7) is 2.26. The minimum absolute atomic E-state index is 0.0676. The lowest BCUT2D eigenvalue weighted by molar-refractivity contribution is -0.146. The van der Waals surface area contributed by atoms with E-state index in [2.05, 4.69) is 15.1 Å². The van der Waals surface area contributed by atoms with Gasteiger partial charge >= 0.3 is 6.18 Å². The van der Waals surface area contributed by atoms with E-state index in [1.54, 1.807) is 12.0 Å². The van der Waals surface area contributed by atoms with Crippen LogP contribution in [-0.2, 0) is 11.0 Å². The van der Waals surface area contributed by atoms with Gasteiger partial charge in [-0.25, -0.2) is 4.68 Å². The van der Waals surface area contributed by atoms with Gasteiger partial charge in [0.15, 0.2) is 0 Å². The molecular formula is C16H19F3N6O2S. The van der Waals surface area contributed by atoms with Crippen molar-refractivity contribution < 1.29 is 22.7 Å². The van der Waals surface area contributed by atoms with Crippen LogP contribution in [-0.4, -0.2) is 64.7 Å². The molecular weight excluding hydrogens is 397 g/mol. The number of carbonyl (C=O) groups excluding carboxylic acids is 1. The number of amides is 1. The van der Waals surface area contributed by atoms with Crippen molar-refractivity contribution in [1.29, 1.82) is 0 Å². The molecule has 3 rings (SSSR count). The fraction of sp³-hybridized carbons (Fsp3) is 0.438. The number of ether oxygens (including phenoxy) is 1. The molecule has 0 saturated carbocycles. The van der Waals surface area contributed by atoms with Crippen LogP contribution in [0, 0.1) is 0 Å². The highest BCUT2D eigenvalue weighted by Crippen LogP contribution is 2.30. The molecule has 2 N–H and O–H groups in total. The van der Waals surface area contributed by atoms with Crippen LogP contribution in [0.4, 0.5) is 18.9 Å². The van der Waals surface area contributed by atoms with Gasteiger partial charge in [-0.15, -0.1) is 10.2 Å². The molecule has 1 aromatic carbocycles. The average molecular weight is 416 g/mol. The maximum atomic E-state index is 12.7. The molecule has 28 heavy (non-hydrogen) atoms. The van der Waals surface area contributed by atoms with Gasteiger partial charge in [-0.1, -0.05) is 23.9 Å². The van der Waals surface area contributed by atoms with Gasteiger partial charge in [0, 0.05) is 26.2 Å². The van der Waals surface area contributed by atoms with E-state index >= 15 is 0 Å². The second kappa shape index (κ2) is 8.17. The lowest BCUT2D eigenvalue weighted by atomic mass is 10.2. The van der Waals surface area contributed by atoms with Crippen molar-refractivity contribution in [3.8, 4) is 5.75 Å². The molecule has 0 atom stereocenters. The van der Waals surface area contributed by atoms with Gasteiger partial charge < -0.3 is 20.4 Å². The number of halogens is 3. The van der Waals surface area contributed by atoms with Gasteiger partial charge in [0.05, 0.1) is 18.6 Å². The van der Waals surface area contributed by atoms with Gasteiger partial charge in [0.2, 0.25) is 11.1 Å². The van der Waals surface area contributed by atoms with E-state index in [0.717, 1.165) is 23.2 Å². The first-order valence-corrected chi connectivity index (χ1v) is 9.36. The number of piperazine rings is 1. The number of nitrogens with zero attached hydrogens (tertiary/aromatic N) is 5. The fourth-order valence-electron chi connectivity index (χ4n) is 2.87. The highest BCUT2D eigenvalue weighted by atomic mass is 32.2. The number of rotatable bonds is 5. The third kappa shape index (κ3) is 4.26. The third-order valence-electron chi connectivity index (χ3n) is 4.30. The quantitative estimate of drug-likeness (QED) is 0.583. The number of anilines is 1. The SMILES string of the molecule is COc1ccccc1N1CCN(C(=O)CSc2nnc(C(F)(F)F)n2N)CC1. The molecule has 1 amide bonds. The Kier molecular flexibility index (Phi) is 5.87. The van der Waals surface area contributed by atoms with Gasteiger partial charge in [-0.3, -0.25) is 4.79 Å². The smallest absolute Gasteiger partial charge is 0.453 e. The summed E-state index contributed by atoms with van der Waals surface area (Å²) in [5, 5.41) is 6.29. The van der Waals surface area contributed by atoms with Crippen molar-refractivity contribution in [2.75, 3.05) is 49.8 Å². The second-order valence-electron chi connectivity index (χ2n) is 6.00. The van der Waals surface area contributed by atoms with E-state index in [-0.39, 0.29) is 16.8 Å². The number of hydrogen-bond donors (Lipinski definition) is 1. The molecule has 1 saturated heterocycles. The average Bonchev–Trinajstić information content (AvgIpc) is 3.07. The first-order valence-electron chi connectivity index (χ1n) is 8.37. The van der Waals surface area contributed by atoms with Crippen molar-refractivity contribution in [3.05, 3.63) is 30.1 Å². The van der Waals surface area contributed by atoms with Crippen molar-refractivity contribution in [2.24, 2.45) is 0 Å². The monoisotopic (exact) mass is 416 g/mol. The summed E-state index contributed by atoms with van der Waals surface area (Å²) in [6.07, 6.45) is -4.70. The van der Waals surface area contributed by atoms with E-state index in [9.17, 15) is 18.0 Å². The lowest BCUT2D eigenvalue weighted by Crippen LogP contribution is -2.49. The Labute approximate surface area is 163 Å². The molecule has 0 unspecified atom stereocenters. The summed E-state index contributed by atoms with van der Waals surface area (Å²) in [5.74, 6) is 4.58. The topological polar surface area (TPSA) is 89.5 Å². The van der Waals surface area contributed by atoms with Crippen LogP contribution < -0.4 is 15.5 Å². The number of hydrogen-bond acceptors (Lipinski definition) is 7. The van der Waals surface area contributed by atoms with Crippen LogP contribution >= 0.6 is 11.8 Å². The number of nitrogens with two attached hydrogens (primary N) is 1. The summed E-state index contributed by atoms with van der Waals surface area (Å²) in [4.78, 5) is 16.2. The Morgan fingerprint density at radius 2 is 1.89 bits per heavy atom. The summed E-state index contributed by atoms with van der Waals surface area (Å²) in [5.41, 5.74) is 0.961. The minimum Gasteiger partial charge on any atom is -0.495 e. The van der Waals surface area contributed by atoms with Crippen molar-refractivity contribution in [2.45, 2.75) is 11.3 Å². The molecule has 2 heterocycles. The van der Waals surface area contributed by atoms with E-state index < -0.39 is 12.0 Å². The molecule has 2 aromatic rings. The number of methoxy groups -OCH3 is 1. The normalized spacial score (nSPS) is 15.0. The summed E-state index contributed by atoms with van der Waals surface area (Å²) < 4.78 is 43.8. The molecule has 1 aliphatic heterocycles. The zero-order valence-corrected chi connectivity index (χ0v) is 15.8. The Bertz CT molecular complexity index is 836. The Hall–Kier alpha value is -2.63. The van der Waals surface area contributed by atoms with Gasteiger partial charge in [0.1, 0.15) is 5.75 Å². The number of thioether (sulfide) groups is 1. The molecule has 1 aliphatic rings. The maximum Gasteiger partial charge on any atom is 0.453 e. The number of aromatic nitrogens is 3. The van der Waals surface area contributed by atoms with Crippen LogP contribution in [0.15, 0.2) is 29.4 Å². The van der Waals surface area contributed by atoms with Crippen LogP contribution in [0.3, 0.4) is 0 Å². The highest BCUT2D eigenvalue weighted by Gasteiger charge is 2.38. The Balaban J connectivity index is 1.54. The Morgan fingerprint density at radius 1 is 1.21 bits per heavy atom. The van der Waals surface area contributed by atoms with Crippen molar-refractivity contribution in [3.63, 3.8) is 0 Å². The van der Waals surface area contributed by atoms with Crippen LogP contribution in [0.1, 0.15) is 5.82 Å². The molecule has 0 bridgehead atoms. The van der Waals surface area contributed by atoms with Crippen LogP contribution in [0.5, 0.6) is 5.75 Å². The largest absolute Gasteiger partial charge is 0.495 e. The van der Waals surface area contributed by atoms with Gasteiger partial charge in [-0.05, 0) is 12.1 Å². The van der Waals surface area contributed by atoms with E-state index in [0.29, 0.717) is 30.9 Å². The molecule has 152 valence electrons. The van der Waals surface area contributed by atoms with Crippen LogP contribution in [0.25, 0.3) is 0 Å². The molecule has 8 nitrogen and oxygen atoms in total. The van der Waals surface area contributed by atoms with Crippen molar-refractivity contribution in [1.82, 2.24) is 19.8 Å². The molecule has 0 spiro atoms. The predicted molar refractivity (Wildman–Crippen MR) is 97.7 cm³/mol. The first kappa shape index (κ1) is 20.1. The third-order valence-corrected chi connectivity index (χ3v) is 5.23. The molecule has 12 heteroatoms. The zero-order chi connectivity index (χ0) is 20.3. The summed E-state index contributed by atoms with van der Waals surface area (Å²) in [7, 11) is 1.61. The second-order valence-corrected chi connectivity index (χ2v) is 6.94. The summed E-state index contributed by atoms with van der Waals surface area (Å²) >= 11 is 0.829. The number of nitrogen functional groups attached to an aromatic ring is 1. The Morgan fingerprint density at radius 3 is 2.50 bits per heavy atom. The molecule has 1 aromatic heterocycles. The van der Waals surface area contributed by atoms with Gasteiger partial charge in [-0.2, -0.15) is 13.2 Å². The van der Waals surface area contributed by atoms with Gasteiger partial charge in [0.25, 0.3) is 5.82 Å². The fourth-order valence-corrected chi connectivity index (χ4v) is 3.63. The molecule has 0 aliphatic carbocycles. The lowest BCUT2D eigenvalue weighted by Gasteiger charge is -2.36. The molecule has 0 radical (unpaired) electrons. The van der Waals surface area contributed by atoms with E-state index in [4.69, 9.17) is 10.6 Å². The highest BCUT2D eigenvalue weighted by molar-refractivity contribution is 7.99. The number of para-hydroxylation sites is 2. The van der Waals surface area contributed by atoms with Crippen LogP contribution in [0.2, 0.25) is 0 Å². The number of alkyl halides is 3. The predicted octanol–water partition coefficient (Wildman–Crippen LogP) is 1.46. The van der Waals surface area contributed by atoms with E-state index in [1.807, 2.05) is 24.3 Å².